The second-order valence-electron chi connectivity index (χ2n) is 2.80. The molecule has 0 saturated heterocycles. The van der Waals surface area contributed by atoms with E-state index in [0.717, 1.165) is 17.1 Å². The Morgan fingerprint density at radius 1 is 1.60 bits per heavy atom. The minimum atomic E-state index is -4.71. The smallest absolute Gasteiger partial charge is 0.417 e. The highest BCUT2D eigenvalue weighted by Gasteiger charge is 2.36. The largest absolute Gasteiger partial charge is 0.478 e. The molecule has 0 aromatic carbocycles. The van der Waals surface area contributed by atoms with E-state index >= 15 is 0 Å². The predicted octanol–water partition coefficient (Wildman–Crippen LogP) is 1.45. The van der Waals surface area contributed by atoms with Crippen LogP contribution < -0.4 is 0 Å². The fourth-order valence-electron chi connectivity index (χ4n) is 1.01. The summed E-state index contributed by atoms with van der Waals surface area (Å²) in [7, 11) is 1.44. The van der Waals surface area contributed by atoms with Gasteiger partial charge in [-0.15, -0.1) is 0 Å². The topological polar surface area (TPSA) is 55.1 Å². The summed E-state index contributed by atoms with van der Waals surface area (Å²) in [6.45, 7) is 0. The molecule has 0 aliphatic carbocycles. The van der Waals surface area contributed by atoms with Crippen molar-refractivity contribution in [3.8, 4) is 0 Å². The molecule has 1 heterocycles. The highest BCUT2D eigenvalue weighted by atomic mass is 19.4. The zero-order valence-electron chi connectivity index (χ0n) is 7.62. The maximum atomic E-state index is 12.4. The lowest BCUT2D eigenvalue weighted by atomic mass is 10.1. The van der Waals surface area contributed by atoms with Crippen LogP contribution in [0.5, 0.6) is 0 Å². The van der Waals surface area contributed by atoms with Crippen molar-refractivity contribution in [2.45, 2.75) is 6.18 Å². The van der Waals surface area contributed by atoms with Crippen molar-refractivity contribution in [1.82, 2.24) is 9.78 Å². The van der Waals surface area contributed by atoms with Crippen molar-refractivity contribution in [2.24, 2.45) is 7.05 Å². The molecule has 0 spiro atoms. The normalized spacial score (nSPS) is 12.9. The first-order valence-electron chi connectivity index (χ1n) is 3.81. The number of carboxylic acid groups (broad SMARTS) is 1. The van der Waals surface area contributed by atoms with Crippen LogP contribution in [0.2, 0.25) is 0 Å². The van der Waals surface area contributed by atoms with Crippen LogP contribution in [-0.2, 0) is 11.8 Å². The highest BCUT2D eigenvalue weighted by Crippen LogP contribution is 2.33. The molecule has 0 radical (unpaired) electrons. The molecule has 1 aromatic heterocycles. The van der Waals surface area contributed by atoms with Crippen LogP contribution in [0.3, 0.4) is 0 Å². The Morgan fingerprint density at radius 3 is 2.53 bits per heavy atom. The van der Waals surface area contributed by atoms with Crippen LogP contribution in [0.1, 0.15) is 5.56 Å². The lowest BCUT2D eigenvalue weighted by Crippen LogP contribution is -2.12. The van der Waals surface area contributed by atoms with Crippen molar-refractivity contribution >= 4 is 11.5 Å². The van der Waals surface area contributed by atoms with E-state index in [1.807, 2.05) is 0 Å². The van der Waals surface area contributed by atoms with E-state index in [4.69, 9.17) is 5.11 Å². The number of nitrogens with zero attached hydrogens (tertiary/aromatic N) is 2. The van der Waals surface area contributed by atoms with Crippen molar-refractivity contribution in [2.75, 3.05) is 0 Å². The summed E-state index contributed by atoms with van der Waals surface area (Å²) in [5.41, 5.74) is -1.49. The Hall–Kier alpha value is -1.79. The van der Waals surface area contributed by atoms with Crippen LogP contribution in [0.4, 0.5) is 13.2 Å². The summed E-state index contributed by atoms with van der Waals surface area (Å²) >= 11 is 0. The third kappa shape index (κ3) is 2.83. The van der Waals surface area contributed by atoms with Gasteiger partial charge in [-0.2, -0.15) is 18.3 Å². The van der Waals surface area contributed by atoms with E-state index in [9.17, 15) is 18.0 Å². The molecule has 0 aliphatic rings. The van der Waals surface area contributed by atoms with Crippen molar-refractivity contribution in [3.05, 3.63) is 24.0 Å². The minimum Gasteiger partial charge on any atom is -0.478 e. The molecule has 0 atom stereocenters. The third-order valence-electron chi connectivity index (χ3n) is 1.59. The van der Waals surface area contributed by atoms with Crippen molar-refractivity contribution < 1.29 is 23.1 Å². The Morgan fingerprint density at radius 2 is 2.20 bits per heavy atom. The van der Waals surface area contributed by atoms with Crippen LogP contribution in [0, 0.1) is 0 Å². The zero-order valence-corrected chi connectivity index (χ0v) is 7.62. The second-order valence-corrected chi connectivity index (χ2v) is 2.80. The molecule has 1 N–H and O–H groups in total. The first kappa shape index (κ1) is 11.3. The number of aromatic nitrogens is 2. The molecule has 0 fully saturated rings. The van der Waals surface area contributed by atoms with Crippen molar-refractivity contribution in [3.63, 3.8) is 0 Å². The maximum Gasteiger partial charge on any atom is 0.417 e. The summed E-state index contributed by atoms with van der Waals surface area (Å²) in [6.07, 6.45) is -2.52. The monoisotopic (exact) mass is 220 g/mol. The molecule has 1 aromatic rings. The van der Waals surface area contributed by atoms with Gasteiger partial charge in [0.15, 0.2) is 0 Å². The number of hydrogen-bond donors (Lipinski definition) is 1. The molecular weight excluding hydrogens is 213 g/mol. The number of alkyl halides is 3. The second kappa shape index (κ2) is 3.76. The Bertz CT molecular complexity index is 406. The van der Waals surface area contributed by atoms with E-state index in [0.29, 0.717) is 0 Å². The number of carbonyl (C=O) groups is 1. The highest BCUT2D eigenvalue weighted by molar-refractivity contribution is 5.91. The summed E-state index contributed by atoms with van der Waals surface area (Å²) in [6, 6.07) is 0. The molecule has 1 rings (SSSR count). The number of carboxylic acids is 1. The van der Waals surface area contributed by atoms with Crippen LogP contribution in [0.15, 0.2) is 18.5 Å². The summed E-state index contributed by atoms with van der Waals surface area (Å²) < 4.78 is 38.4. The Balaban J connectivity index is 3.19. The van der Waals surface area contributed by atoms with Gasteiger partial charge in [0.25, 0.3) is 0 Å². The van der Waals surface area contributed by atoms with Gasteiger partial charge < -0.3 is 5.11 Å². The summed E-state index contributed by atoms with van der Waals surface area (Å²) in [4.78, 5) is 10.2. The van der Waals surface area contributed by atoms with Gasteiger partial charge >= 0.3 is 12.1 Å². The molecule has 4 nitrogen and oxygen atoms in total. The first-order chi connectivity index (χ1) is 6.80. The van der Waals surface area contributed by atoms with Crippen LogP contribution >= 0.6 is 0 Å². The molecule has 0 saturated carbocycles. The molecule has 0 bridgehead atoms. The molecule has 0 unspecified atom stereocenters. The van der Waals surface area contributed by atoms with E-state index in [2.05, 4.69) is 5.10 Å². The van der Waals surface area contributed by atoms with Gasteiger partial charge in [0.05, 0.1) is 11.8 Å². The molecular formula is C8H7F3N2O2. The minimum absolute atomic E-state index is 0.122. The third-order valence-corrected chi connectivity index (χ3v) is 1.59. The van der Waals surface area contributed by atoms with Gasteiger partial charge in [0, 0.05) is 24.9 Å². The van der Waals surface area contributed by atoms with E-state index in [1.54, 1.807) is 0 Å². The number of aryl methyl sites for hydroxylation is 1. The SMILES string of the molecule is Cn1cc(/C(=C\C(=O)O)C(F)(F)F)cn1. The number of allylic oxidation sites excluding steroid dienone is 1. The maximum absolute atomic E-state index is 12.4. The fraction of sp³-hybridized carbons (Fsp3) is 0.250. The van der Waals surface area contributed by atoms with Gasteiger partial charge in [-0.3, -0.25) is 4.68 Å². The lowest BCUT2D eigenvalue weighted by molar-refractivity contribution is -0.131. The van der Waals surface area contributed by atoms with Gasteiger partial charge in [-0.25, -0.2) is 4.79 Å². The molecule has 15 heavy (non-hydrogen) atoms. The van der Waals surface area contributed by atoms with Crippen molar-refractivity contribution in [1.29, 1.82) is 0 Å². The van der Waals surface area contributed by atoms with Gasteiger partial charge in [0.1, 0.15) is 0 Å². The number of aliphatic carboxylic acids is 1. The zero-order chi connectivity index (χ0) is 11.6. The lowest BCUT2D eigenvalue weighted by Gasteiger charge is -2.08. The molecule has 82 valence electrons. The predicted molar refractivity (Wildman–Crippen MR) is 44.9 cm³/mol. The average molecular weight is 220 g/mol. The Kier molecular flexibility index (Phi) is 2.83. The van der Waals surface area contributed by atoms with Gasteiger partial charge in [-0.05, 0) is 0 Å². The van der Waals surface area contributed by atoms with E-state index < -0.39 is 17.7 Å². The number of halogens is 3. The van der Waals surface area contributed by atoms with E-state index in [-0.39, 0.29) is 11.6 Å². The van der Waals surface area contributed by atoms with Gasteiger partial charge in [-0.1, -0.05) is 0 Å². The first-order valence-corrected chi connectivity index (χ1v) is 3.81. The molecule has 0 amide bonds. The average Bonchev–Trinajstić information content (AvgIpc) is 2.45. The molecule has 7 heteroatoms. The molecule has 0 aliphatic heterocycles. The Labute approximate surface area is 82.6 Å². The fourth-order valence-corrected chi connectivity index (χ4v) is 1.01. The van der Waals surface area contributed by atoms with Gasteiger partial charge in [0.2, 0.25) is 0 Å². The van der Waals surface area contributed by atoms with E-state index in [1.165, 1.54) is 7.05 Å². The summed E-state index contributed by atoms with van der Waals surface area (Å²) in [5.74, 6) is -1.65. The number of rotatable bonds is 2. The standard InChI is InChI=1S/C8H7F3N2O2/c1-13-4-5(3-12-13)6(2-7(14)15)8(9,10)11/h2-4H,1H3,(H,14,15)/b6-2+. The quantitative estimate of drug-likeness (QED) is 0.767. The number of hydrogen-bond acceptors (Lipinski definition) is 2. The van der Waals surface area contributed by atoms with Crippen LogP contribution in [0.25, 0.3) is 5.57 Å². The summed E-state index contributed by atoms with van der Waals surface area (Å²) in [5, 5.41) is 11.9. The van der Waals surface area contributed by atoms with Crippen LogP contribution in [-0.4, -0.2) is 27.0 Å².